The Morgan fingerprint density at radius 1 is 1.17 bits per heavy atom. The van der Waals surface area contributed by atoms with E-state index in [9.17, 15) is 8.78 Å². The zero-order chi connectivity index (χ0) is 21.3. The molecule has 0 spiro atoms. The van der Waals surface area contributed by atoms with Gasteiger partial charge in [-0.2, -0.15) is 0 Å². The van der Waals surface area contributed by atoms with Gasteiger partial charge < -0.3 is 20.7 Å². The predicted molar refractivity (Wildman–Crippen MR) is 111 cm³/mol. The molecule has 3 N–H and O–H groups in total. The summed E-state index contributed by atoms with van der Waals surface area (Å²) in [6.45, 7) is 5.42. The summed E-state index contributed by atoms with van der Waals surface area (Å²) in [7, 11) is 0. The van der Waals surface area contributed by atoms with Crippen molar-refractivity contribution in [2.45, 2.75) is 26.4 Å². The Labute approximate surface area is 172 Å². The minimum atomic E-state index is -0.654. The molecule has 3 aromatic rings. The van der Waals surface area contributed by atoms with Crippen molar-refractivity contribution >= 4 is 17.5 Å². The van der Waals surface area contributed by atoms with Gasteiger partial charge in [0, 0.05) is 24.3 Å². The largest absolute Gasteiger partial charge is 0.486 e. The summed E-state index contributed by atoms with van der Waals surface area (Å²) in [5.74, 6) is -0.399. The number of ether oxygens (including phenoxy) is 1. The molecule has 0 saturated heterocycles. The summed E-state index contributed by atoms with van der Waals surface area (Å²) in [6, 6.07) is 6.61. The number of anilines is 3. The number of hydrogen-bond acceptors (Lipinski definition) is 7. The lowest BCUT2D eigenvalue weighted by atomic mass is 10.1. The third-order valence-corrected chi connectivity index (χ3v) is 4.85. The normalized spacial score (nSPS) is 13.2. The first-order chi connectivity index (χ1) is 14.5. The zero-order valence-electron chi connectivity index (χ0n) is 16.7. The quantitative estimate of drug-likeness (QED) is 0.661. The van der Waals surface area contributed by atoms with E-state index in [1.807, 2.05) is 24.8 Å². The van der Waals surface area contributed by atoms with Crippen molar-refractivity contribution in [3.05, 3.63) is 53.9 Å². The summed E-state index contributed by atoms with van der Waals surface area (Å²) in [5, 5.41) is 2.93. The molecule has 0 saturated carbocycles. The summed E-state index contributed by atoms with van der Waals surface area (Å²) >= 11 is 0. The van der Waals surface area contributed by atoms with E-state index < -0.39 is 11.6 Å². The van der Waals surface area contributed by atoms with Crippen molar-refractivity contribution in [3.8, 4) is 17.0 Å². The van der Waals surface area contributed by atoms with Crippen LogP contribution in [0.2, 0.25) is 0 Å². The van der Waals surface area contributed by atoms with Gasteiger partial charge in [0.15, 0.2) is 17.4 Å². The second-order valence-corrected chi connectivity index (χ2v) is 7.21. The Bertz CT molecular complexity index is 1060. The van der Waals surface area contributed by atoms with Crippen molar-refractivity contribution < 1.29 is 13.5 Å². The summed E-state index contributed by atoms with van der Waals surface area (Å²) in [6.07, 6.45) is 2.68. The molecule has 2 aromatic heterocycles. The van der Waals surface area contributed by atoms with Crippen LogP contribution >= 0.6 is 0 Å². The van der Waals surface area contributed by atoms with Crippen LogP contribution in [0.3, 0.4) is 0 Å². The van der Waals surface area contributed by atoms with E-state index in [0.29, 0.717) is 36.8 Å². The number of halogens is 2. The first kappa shape index (κ1) is 20.0. The number of hydrogen-bond donors (Lipinski definition) is 2. The highest BCUT2D eigenvalue weighted by Gasteiger charge is 2.25. The van der Waals surface area contributed by atoms with Crippen molar-refractivity contribution in [1.29, 1.82) is 0 Å². The molecule has 0 unspecified atom stereocenters. The van der Waals surface area contributed by atoms with Crippen molar-refractivity contribution in [2.24, 2.45) is 5.73 Å². The molecule has 9 heteroatoms. The third kappa shape index (κ3) is 3.88. The molecular weight excluding hydrogens is 390 g/mol. The lowest BCUT2D eigenvalue weighted by Crippen LogP contribution is -2.38. The Morgan fingerprint density at radius 3 is 2.70 bits per heavy atom. The fourth-order valence-electron chi connectivity index (χ4n) is 3.34. The van der Waals surface area contributed by atoms with Gasteiger partial charge in [0.2, 0.25) is 5.95 Å². The molecule has 1 aromatic carbocycles. The highest BCUT2D eigenvalue weighted by molar-refractivity contribution is 5.73. The number of nitrogens with two attached hydrogens (primary N) is 1. The van der Waals surface area contributed by atoms with Gasteiger partial charge in [-0.05, 0) is 37.6 Å². The van der Waals surface area contributed by atoms with E-state index in [4.69, 9.17) is 10.5 Å². The molecule has 0 aliphatic carbocycles. The second-order valence-electron chi connectivity index (χ2n) is 7.21. The van der Waals surface area contributed by atoms with Crippen LogP contribution in [0, 0.1) is 11.6 Å². The Hall–Kier alpha value is -3.33. The Kier molecular flexibility index (Phi) is 5.45. The average molecular weight is 412 g/mol. The number of fused-ring (bicyclic) bond motifs is 1. The van der Waals surface area contributed by atoms with Gasteiger partial charge in [-0.1, -0.05) is 6.07 Å². The smallest absolute Gasteiger partial charge is 0.229 e. The van der Waals surface area contributed by atoms with E-state index >= 15 is 0 Å². The van der Waals surface area contributed by atoms with Crippen LogP contribution in [-0.4, -0.2) is 34.1 Å². The fraction of sp³-hybridized carbons (Fsp3) is 0.286. The van der Waals surface area contributed by atoms with Crippen LogP contribution in [0.5, 0.6) is 5.75 Å². The lowest BCUT2D eigenvalue weighted by Gasteiger charge is -2.34. The molecular formula is C21H22F2N6O. The molecule has 0 atom stereocenters. The summed E-state index contributed by atoms with van der Waals surface area (Å²) in [5.41, 5.74) is 7.32. The van der Waals surface area contributed by atoms with Crippen molar-refractivity contribution in [3.63, 3.8) is 0 Å². The molecule has 156 valence electrons. The average Bonchev–Trinajstić information content (AvgIpc) is 2.75. The van der Waals surface area contributed by atoms with Gasteiger partial charge in [-0.25, -0.2) is 23.7 Å². The van der Waals surface area contributed by atoms with Gasteiger partial charge >= 0.3 is 0 Å². The van der Waals surface area contributed by atoms with Crippen LogP contribution in [0.1, 0.15) is 19.4 Å². The van der Waals surface area contributed by atoms with Crippen LogP contribution in [0.4, 0.5) is 26.2 Å². The number of nitrogens with zero attached hydrogens (tertiary/aromatic N) is 4. The highest BCUT2D eigenvalue weighted by Crippen LogP contribution is 2.39. The minimum absolute atomic E-state index is 0.0120. The van der Waals surface area contributed by atoms with E-state index in [-0.39, 0.29) is 23.4 Å². The predicted octanol–water partition coefficient (Wildman–Crippen LogP) is 3.63. The van der Waals surface area contributed by atoms with Crippen molar-refractivity contribution in [2.75, 3.05) is 23.4 Å². The monoisotopic (exact) mass is 412 g/mol. The number of aromatic nitrogens is 3. The van der Waals surface area contributed by atoms with Crippen LogP contribution in [0.25, 0.3) is 11.3 Å². The fourth-order valence-corrected chi connectivity index (χ4v) is 3.34. The van der Waals surface area contributed by atoms with E-state index in [1.54, 1.807) is 18.3 Å². The maximum Gasteiger partial charge on any atom is 0.229 e. The van der Waals surface area contributed by atoms with E-state index in [0.717, 1.165) is 11.8 Å². The summed E-state index contributed by atoms with van der Waals surface area (Å²) in [4.78, 5) is 14.5. The maximum atomic E-state index is 14.8. The van der Waals surface area contributed by atoms with Gasteiger partial charge in [0.1, 0.15) is 18.1 Å². The van der Waals surface area contributed by atoms with Gasteiger partial charge in [0.25, 0.3) is 0 Å². The van der Waals surface area contributed by atoms with E-state index in [2.05, 4.69) is 20.3 Å². The summed E-state index contributed by atoms with van der Waals surface area (Å²) < 4.78 is 34.8. The standard InChI is InChI=1S/C21H22F2N6O/c1-12(2)29-5-6-30-20-15(22)7-14(8-17(20)29)19-16(23)11-26-21(28-19)27-18-4-3-13(9-24)10-25-18/h3-4,7-8,10-12H,5-6,9,24H2,1-2H3,(H,25,26,27,28). The zero-order valence-corrected chi connectivity index (χ0v) is 16.7. The van der Waals surface area contributed by atoms with Crippen LogP contribution in [-0.2, 0) is 6.54 Å². The Morgan fingerprint density at radius 2 is 2.00 bits per heavy atom. The third-order valence-electron chi connectivity index (χ3n) is 4.85. The molecule has 1 aliphatic rings. The molecule has 1 aliphatic heterocycles. The molecule has 0 radical (unpaired) electrons. The number of rotatable bonds is 5. The topological polar surface area (TPSA) is 89.2 Å². The molecule has 30 heavy (non-hydrogen) atoms. The molecule has 0 bridgehead atoms. The number of benzene rings is 1. The molecule has 3 heterocycles. The number of nitrogens with one attached hydrogen (secondary N) is 1. The molecule has 0 fully saturated rings. The maximum absolute atomic E-state index is 14.8. The SMILES string of the molecule is CC(C)N1CCOc2c(F)cc(-c3nc(Nc4ccc(CN)cn4)ncc3F)cc21. The highest BCUT2D eigenvalue weighted by atomic mass is 19.1. The molecule has 0 amide bonds. The van der Waals surface area contributed by atoms with Gasteiger partial charge in [-0.15, -0.1) is 0 Å². The lowest BCUT2D eigenvalue weighted by molar-refractivity contribution is 0.287. The first-order valence-corrected chi connectivity index (χ1v) is 9.64. The number of pyridine rings is 1. The molecule has 4 rings (SSSR count). The van der Waals surface area contributed by atoms with E-state index in [1.165, 1.54) is 6.07 Å². The van der Waals surface area contributed by atoms with Gasteiger partial charge in [0.05, 0.1) is 18.4 Å². The van der Waals surface area contributed by atoms with Crippen LogP contribution < -0.4 is 20.7 Å². The van der Waals surface area contributed by atoms with Crippen LogP contribution in [0.15, 0.2) is 36.7 Å². The van der Waals surface area contributed by atoms with Gasteiger partial charge in [-0.3, -0.25) is 0 Å². The Balaban J connectivity index is 1.71. The molecule has 7 nitrogen and oxygen atoms in total. The van der Waals surface area contributed by atoms with Crippen molar-refractivity contribution in [1.82, 2.24) is 15.0 Å². The minimum Gasteiger partial charge on any atom is -0.486 e. The second kappa shape index (κ2) is 8.19. The first-order valence-electron chi connectivity index (χ1n) is 9.64.